The number of benzene rings is 1. The summed E-state index contributed by atoms with van der Waals surface area (Å²) < 4.78 is 17.4. The predicted octanol–water partition coefficient (Wildman–Crippen LogP) is 4.78. The normalized spacial score (nSPS) is 19.4. The lowest BCUT2D eigenvalue weighted by molar-refractivity contribution is 0.228. The van der Waals surface area contributed by atoms with Crippen LogP contribution in [-0.4, -0.2) is 13.2 Å². The molecule has 106 valence electrons. The lowest BCUT2D eigenvalue weighted by Crippen LogP contribution is -2.12. The van der Waals surface area contributed by atoms with Crippen molar-refractivity contribution in [3.63, 3.8) is 0 Å². The molecule has 0 amide bonds. The van der Waals surface area contributed by atoms with E-state index in [0.29, 0.717) is 23.8 Å². The van der Waals surface area contributed by atoms with Crippen LogP contribution in [0.4, 0.5) is 0 Å². The molecule has 0 bridgehead atoms. The molecular formula is C15H14BrClO3. The molecular weight excluding hydrogens is 344 g/mol. The van der Waals surface area contributed by atoms with Crippen molar-refractivity contribution in [2.75, 3.05) is 13.2 Å². The van der Waals surface area contributed by atoms with Crippen molar-refractivity contribution < 1.29 is 13.9 Å². The van der Waals surface area contributed by atoms with Gasteiger partial charge in [0.05, 0.1) is 24.9 Å². The first-order valence-electron chi connectivity index (χ1n) is 6.41. The van der Waals surface area contributed by atoms with Crippen LogP contribution in [0.3, 0.4) is 0 Å². The molecule has 1 aromatic heterocycles. The Morgan fingerprint density at radius 3 is 2.65 bits per heavy atom. The average Bonchev–Trinajstić information content (AvgIpc) is 2.79. The van der Waals surface area contributed by atoms with Crippen LogP contribution in [0.25, 0.3) is 0 Å². The lowest BCUT2D eigenvalue weighted by atomic mass is 10.1. The number of ether oxygens (including phenoxy) is 2. The van der Waals surface area contributed by atoms with Gasteiger partial charge in [0.1, 0.15) is 0 Å². The van der Waals surface area contributed by atoms with Crippen molar-refractivity contribution in [1.29, 1.82) is 0 Å². The maximum absolute atomic E-state index is 6.50. The van der Waals surface area contributed by atoms with Crippen LogP contribution >= 0.6 is 27.5 Å². The number of hydrogen-bond acceptors (Lipinski definition) is 3. The molecule has 1 aliphatic heterocycles. The van der Waals surface area contributed by atoms with Gasteiger partial charge in [-0.3, -0.25) is 0 Å². The summed E-state index contributed by atoms with van der Waals surface area (Å²) in [6.07, 6.45) is 1.61. The van der Waals surface area contributed by atoms with Crippen molar-refractivity contribution in [2.24, 2.45) is 5.92 Å². The molecule has 0 radical (unpaired) electrons. The summed E-state index contributed by atoms with van der Waals surface area (Å²) in [4.78, 5) is 0. The zero-order chi connectivity index (χ0) is 14.1. The topological polar surface area (TPSA) is 31.6 Å². The van der Waals surface area contributed by atoms with Crippen molar-refractivity contribution >= 4 is 27.5 Å². The number of furan rings is 1. The summed E-state index contributed by atoms with van der Waals surface area (Å²) >= 11 is 9.86. The third-order valence-electron chi connectivity index (χ3n) is 3.23. The molecule has 5 heteroatoms. The molecule has 0 N–H and O–H groups in total. The molecule has 1 aromatic carbocycles. The van der Waals surface area contributed by atoms with Crippen LogP contribution in [0.2, 0.25) is 0 Å². The van der Waals surface area contributed by atoms with Crippen molar-refractivity contribution in [3.8, 4) is 11.5 Å². The van der Waals surface area contributed by atoms with Crippen LogP contribution in [0, 0.1) is 5.92 Å². The van der Waals surface area contributed by atoms with E-state index in [4.69, 9.17) is 25.5 Å². The van der Waals surface area contributed by atoms with E-state index in [1.54, 1.807) is 6.26 Å². The van der Waals surface area contributed by atoms with Gasteiger partial charge >= 0.3 is 0 Å². The standard InChI is InChI=1S/C15H14BrClO3/c1-9-7-19-12-3-2-10(6-13(12)20-8-9)14(17)11-4-5-18-15(11)16/h2-6,9,14H,7-8H2,1H3. The zero-order valence-electron chi connectivity index (χ0n) is 10.9. The van der Waals surface area contributed by atoms with Gasteiger partial charge in [-0.1, -0.05) is 13.0 Å². The number of fused-ring (bicyclic) bond motifs is 1. The molecule has 0 fully saturated rings. The van der Waals surface area contributed by atoms with Gasteiger partial charge in [0.2, 0.25) is 0 Å². The van der Waals surface area contributed by atoms with E-state index >= 15 is 0 Å². The maximum atomic E-state index is 6.50. The van der Waals surface area contributed by atoms with Gasteiger partial charge in [0.25, 0.3) is 0 Å². The van der Waals surface area contributed by atoms with Crippen LogP contribution in [0.15, 0.2) is 39.6 Å². The number of alkyl halides is 1. The monoisotopic (exact) mass is 356 g/mol. The third kappa shape index (κ3) is 2.67. The van der Waals surface area contributed by atoms with Crippen LogP contribution < -0.4 is 9.47 Å². The highest BCUT2D eigenvalue weighted by atomic mass is 79.9. The van der Waals surface area contributed by atoms with Crippen molar-refractivity contribution in [1.82, 2.24) is 0 Å². The highest BCUT2D eigenvalue weighted by molar-refractivity contribution is 9.10. The smallest absolute Gasteiger partial charge is 0.173 e. The minimum atomic E-state index is -0.294. The van der Waals surface area contributed by atoms with E-state index < -0.39 is 0 Å². The van der Waals surface area contributed by atoms with Crippen LogP contribution in [-0.2, 0) is 0 Å². The Balaban J connectivity index is 1.91. The fourth-order valence-electron chi connectivity index (χ4n) is 2.09. The van der Waals surface area contributed by atoms with Crippen LogP contribution in [0.1, 0.15) is 23.4 Å². The van der Waals surface area contributed by atoms with Gasteiger partial charge in [0, 0.05) is 11.5 Å². The van der Waals surface area contributed by atoms with E-state index in [1.165, 1.54) is 0 Å². The Kier molecular flexibility index (Phi) is 3.94. The van der Waals surface area contributed by atoms with E-state index in [0.717, 1.165) is 22.6 Å². The first-order chi connectivity index (χ1) is 9.65. The Bertz CT molecular complexity index is 611. The average molecular weight is 358 g/mol. The largest absolute Gasteiger partial charge is 0.489 e. The predicted molar refractivity (Wildman–Crippen MR) is 80.7 cm³/mol. The Morgan fingerprint density at radius 2 is 1.95 bits per heavy atom. The van der Waals surface area contributed by atoms with E-state index in [1.807, 2.05) is 24.3 Å². The van der Waals surface area contributed by atoms with Gasteiger partial charge in [-0.2, -0.15) is 0 Å². The fourth-order valence-corrected chi connectivity index (χ4v) is 3.00. The quantitative estimate of drug-likeness (QED) is 0.725. The lowest BCUT2D eigenvalue weighted by Gasteiger charge is -2.12. The van der Waals surface area contributed by atoms with Gasteiger partial charge in [-0.15, -0.1) is 11.6 Å². The second-order valence-corrected chi connectivity index (χ2v) is 6.10. The number of hydrogen-bond donors (Lipinski definition) is 0. The Labute approximate surface area is 130 Å². The molecule has 3 rings (SSSR count). The second-order valence-electron chi connectivity index (χ2n) is 4.95. The first kappa shape index (κ1) is 13.8. The van der Waals surface area contributed by atoms with Gasteiger partial charge < -0.3 is 13.9 Å². The first-order valence-corrected chi connectivity index (χ1v) is 7.64. The highest BCUT2D eigenvalue weighted by Crippen LogP contribution is 2.39. The van der Waals surface area contributed by atoms with E-state index in [9.17, 15) is 0 Å². The van der Waals surface area contributed by atoms with Gasteiger partial charge in [0.15, 0.2) is 16.2 Å². The van der Waals surface area contributed by atoms with Crippen molar-refractivity contribution in [3.05, 3.63) is 46.3 Å². The minimum absolute atomic E-state index is 0.294. The summed E-state index contributed by atoms with van der Waals surface area (Å²) in [5, 5.41) is -0.294. The van der Waals surface area contributed by atoms with Gasteiger partial charge in [-0.05, 0) is 39.7 Å². The summed E-state index contributed by atoms with van der Waals surface area (Å²) in [6.45, 7) is 3.42. The Hall–Kier alpha value is -1.13. The molecule has 2 aromatic rings. The van der Waals surface area contributed by atoms with Crippen LogP contribution in [0.5, 0.6) is 11.5 Å². The number of rotatable bonds is 2. The highest BCUT2D eigenvalue weighted by Gasteiger charge is 2.20. The molecule has 0 spiro atoms. The summed E-state index contributed by atoms with van der Waals surface area (Å²) in [7, 11) is 0. The molecule has 2 atom stereocenters. The Morgan fingerprint density at radius 1 is 1.20 bits per heavy atom. The van der Waals surface area contributed by atoms with Crippen molar-refractivity contribution in [2.45, 2.75) is 12.3 Å². The summed E-state index contributed by atoms with van der Waals surface area (Å²) in [5.74, 6) is 1.89. The van der Waals surface area contributed by atoms with E-state index in [2.05, 4.69) is 22.9 Å². The number of halogens is 2. The van der Waals surface area contributed by atoms with Gasteiger partial charge in [-0.25, -0.2) is 0 Å². The molecule has 2 heterocycles. The SMILES string of the molecule is CC1COc2ccc(C(Cl)c3ccoc3Br)cc2OC1. The second kappa shape index (κ2) is 5.70. The van der Waals surface area contributed by atoms with E-state index in [-0.39, 0.29) is 5.38 Å². The molecule has 1 aliphatic rings. The molecule has 20 heavy (non-hydrogen) atoms. The third-order valence-corrected chi connectivity index (χ3v) is 4.36. The summed E-state index contributed by atoms with van der Waals surface area (Å²) in [6, 6.07) is 7.65. The molecule has 0 saturated carbocycles. The molecule has 2 unspecified atom stereocenters. The molecule has 3 nitrogen and oxygen atoms in total. The zero-order valence-corrected chi connectivity index (χ0v) is 13.3. The fraction of sp³-hybridized carbons (Fsp3) is 0.333. The molecule has 0 aliphatic carbocycles. The summed E-state index contributed by atoms with van der Waals surface area (Å²) in [5.41, 5.74) is 1.85. The minimum Gasteiger partial charge on any atom is -0.489 e. The maximum Gasteiger partial charge on any atom is 0.173 e. The molecule has 0 saturated heterocycles.